The summed E-state index contributed by atoms with van der Waals surface area (Å²) in [5, 5.41) is 0. The molecule has 118 valence electrons. The summed E-state index contributed by atoms with van der Waals surface area (Å²) in [7, 11) is 0. The molecule has 3 aliphatic heterocycles. The molecule has 0 aromatic rings. The second-order valence-electron chi connectivity index (χ2n) is 6.42. The average Bonchev–Trinajstić information content (AvgIpc) is 2.89. The molecule has 2 atom stereocenters. The van der Waals surface area contributed by atoms with Gasteiger partial charge in [-0.15, -0.1) is 0 Å². The lowest BCUT2D eigenvalue weighted by Gasteiger charge is -2.30. The average molecular weight is 294 g/mol. The fourth-order valence-electron chi connectivity index (χ4n) is 3.54. The number of likely N-dealkylation sites (tertiary alicyclic amines) is 1. The third kappa shape index (κ3) is 3.65. The molecule has 3 rings (SSSR count). The van der Waals surface area contributed by atoms with Crippen LogP contribution >= 0.6 is 0 Å². The molecular weight excluding hydrogens is 268 g/mol. The summed E-state index contributed by atoms with van der Waals surface area (Å²) in [4.78, 5) is 17.0. The lowest BCUT2D eigenvalue weighted by atomic mass is 9.96. The van der Waals surface area contributed by atoms with Gasteiger partial charge in [-0.1, -0.05) is 13.0 Å². The standard InChI is InChI=1S/C16H26N2O3/c1-13-9-17(10-14-3-2-6-21-12-14)11-15(13)16(19)18-4-7-20-8-5-18/h3,13,15H,2,4-12H2,1H3/t13-,15-/m1/s1. The number of morpholine rings is 1. The molecule has 5 heteroatoms. The van der Waals surface area contributed by atoms with Crippen LogP contribution in [0.15, 0.2) is 11.6 Å². The molecule has 0 spiro atoms. The van der Waals surface area contributed by atoms with E-state index in [1.165, 1.54) is 5.57 Å². The predicted molar refractivity (Wildman–Crippen MR) is 80.0 cm³/mol. The van der Waals surface area contributed by atoms with E-state index >= 15 is 0 Å². The molecule has 0 aromatic heterocycles. The first kappa shape index (κ1) is 15.0. The Morgan fingerprint density at radius 1 is 1.24 bits per heavy atom. The molecule has 0 aliphatic carbocycles. The van der Waals surface area contributed by atoms with E-state index in [-0.39, 0.29) is 5.92 Å². The van der Waals surface area contributed by atoms with E-state index in [1.807, 2.05) is 4.90 Å². The van der Waals surface area contributed by atoms with Gasteiger partial charge in [0.25, 0.3) is 0 Å². The predicted octanol–water partition coefficient (Wildman–Crippen LogP) is 0.760. The number of rotatable bonds is 3. The van der Waals surface area contributed by atoms with Crippen molar-refractivity contribution in [1.29, 1.82) is 0 Å². The molecule has 2 fully saturated rings. The third-order valence-electron chi connectivity index (χ3n) is 4.74. The third-order valence-corrected chi connectivity index (χ3v) is 4.74. The van der Waals surface area contributed by atoms with Gasteiger partial charge in [-0.05, 0) is 17.9 Å². The van der Waals surface area contributed by atoms with Crippen LogP contribution in [0.3, 0.4) is 0 Å². The smallest absolute Gasteiger partial charge is 0.227 e. The molecule has 0 unspecified atom stereocenters. The van der Waals surface area contributed by atoms with Crippen molar-refractivity contribution < 1.29 is 14.3 Å². The number of hydrogen-bond donors (Lipinski definition) is 0. The Morgan fingerprint density at radius 3 is 2.76 bits per heavy atom. The Morgan fingerprint density at radius 2 is 2.05 bits per heavy atom. The number of carbonyl (C=O) groups excluding carboxylic acids is 1. The van der Waals surface area contributed by atoms with Gasteiger partial charge in [0.15, 0.2) is 0 Å². The highest BCUT2D eigenvalue weighted by Gasteiger charge is 2.37. The van der Waals surface area contributed by atoms with Gasteiger partial charge in [-0.2, -0.15) is 0 Å². The fourth-order valence-corrected chi connectivity index (χ4v) is 3.54. The quantitative estimate of drug-likeness (QED) is 0.721. The number of hydrogen-bond acceptors (Lipinski definition) is 4. The van der Waals surface area contributed by atoms with Gasteiger partial charge in [-0.25, -0.2) is 0 Å². The van der Waals surface area contributed by atoms with Crippen molar-refractivity contribution in [2.24, 2.45) is 11.8 Å². The van der Waals surface area contributed by atoms with Gasteiger partial charge in [0.1, 0.15) is 0 Å². The van der Waals surface area contributed by atoms with Gasteiger partial charge in [0, 0.05) is 32.7 Å². The SMILES string of the molecule is C[C@@H]1CN(CC2=CCCOC2)C[C@H]1C(=O)N1CCOCC1. The first-order valence-electron chi connectivity index (χ1n) is 8.08. The van der Waals surface area contributed by atoms with Crippen molar-refractivity contribution in [3.8, 4) is 0 Å². The number of carbonyl (C=O) groups is 1. The molecule has 0 saturated carbocycles. The van der Waals surface area contributed by atoms with Crippen LogP contribution in [-0.4, -0.2) is 74.9 Å². The van der Waals surface area contributed by atoms with Gasteiger partial charge in [0.2, 0.25) is 5.91 Å². The maximum Gasteiger partial charge on any atom is 0.227 e. The van der Waals surface area contributed by atoms with Gasteiger partial charge in [0.05, 0.1) is 32.3 Å². The number of nitrogens with zero attached hydrogens (tertiary/aromatic N) is 2. The van der Waals surface area contributed by atoms with Crippen LogP contribution in [0.2, 0.25) is 0 Å². The van der Waals surface area contributed by atoms with Crippen LogP contribution in [0, 0.1) is 11.8 Å². The molecule has 1 amide bonds. The van der Waals surface area contributed by atoms with Crippen LogP contribution in [0.5, 0.6) is 0 Å². The van der Waals surface area contributed by atoms with Gasteiger partial charge in [-0.3, -0.25) is 9.69 Å². The van der Waals surface area contributed by atoms with Crippen molar-refractivity contribution in [3.63, 3.8) is 0 Å². The molecule has 2 saturated heterocycles. The molecule has 3 heterocycles. The maximum absolute atomic E-state index is 12.7. The zero-order valence-corrected chi connectivity index (χ0v) is 12.9. The molecule has 0 aromatic carbocycles. The minimum Gasteiger partial charge on any atom is -0.378 e. The molecule has 21 heavy (non-hydrogen) atoms. The van der Waals surface area contributed by atoms with Crippen LogP contribution in [-0.2, 0) is 14.3 Å². The molecule has 0 radical (unpaired) electrons. The monoisotopic (exact) mass is 294 g/mol. The molecule has 0 bridgehead atoms. The van der Waals surface area contributed by atoms with E-state index in [1.54, 1.807) is 0 Å². The Balaban J connectivity index is 1.55. The summed E-state index contributed by atoms with van der Waals surface area (Å²) < 4.78 is 10.8. The van der Waals surface area contributed by atoms with E-state index in [2.05, 4.69) is 17.9 Å². The van der Waals surface area contributed by atoms with Gasteiger partial charge < -0.3 is 14.4 Å². The summed E-state index contributed by atoms with van der Waals surface area (Å²) >= 11 is 0. The molecule has 5 nitrogen and oxygen atoms in total. The van der Waals surface area contributed by atoms with Crippen molar-refractivity contribution >= 4 is 5.91 Å². The van der Waals surface area contributed by atoms with E-state index < -0.39 is 0 Å². The molecule has 3 aliphatic rings. The van der Waals surface area contributed by atoms with Crippen LogP contribution in [0.25, 0.3) is 0 Å². The Hall–Kier alpha value is -0.910. The maximum atomic E-state index is 12.7. The fraction of sp³-hybridized carbons (Fsp3) is 0.812. The summed E-state index contributed by atoms with van der Waals surface area (Å²) in [6, 6.07) is 0. The first-order valence-corrected chi connectivity index (χ1v) is 8.08. The first-order chi connectivity index (χ1) is 10.2. The highest BCUT2D eigenvalue weighted by molar-refractivity contribution is 5.79. The van der Waals surface area contributed by atoms with Crippen molar-refractivity contribution in [2.75, 3.05) is 59.2 Å². The summed E-state index contributed by atoms with van der Waals surface area (Å²) in [5.74, 6) is 0.904. The number of ether oxygens (including phenoxy) is 2. The highest BCUT2D eigenvalue weighted by Crippen LogP contribution is 2.26. The minimum absolute atomic E-state index is 0.146. The topological polar surface area (TPSA) is 42.0 Å². The van der Waals surface area contributed by atoms with Crippen LogP contribution in [0.4, 0.5) is 0 Å². The summed E-state index contributed by atoms with van der Waals surface area (Å²) in [6.07, 6.45) is 3.32. The zero-order chi connectivity index (χ0) is 14.7. The summed E-state index contributed by atoms with van der Waals surface area (Å²) in [5.41, 5.74) is 1.37. The van der Waals surface area contributed by atoms with Crippen LogP contribution < -0.4 is 0 Å². The Labute approximate surface area is 126 Å². The Kier molecular flexibility index (Phi) is 4.93. The van der Waals surface area contributed by atoms with E-state index in [0.29, 0.717) is 25.0 Å². The minimum atomic E-state index is 0.146. The second-order valence-corrected chi connectivity index (χ2v) is 6.42. The zero-order valence-electron chi connectivity index (χ0n) is 12.9. The van der Waals surface area contributed by atoms with Gasteiger partial charge >= 0.3 is 0 Å². The molecule has 0 N–H and O–H groups in total. The lowest BCUT2D eigenvalue weighted by molar-refractivity contribution is -0.140. The van der Waals surface area contributed by atoms with Crippen molar-refractivity contribution in [3.05, 3.63) is 11.6 Å². The lowest BCUT2D eigenvalue weighted by Crippen LogP contribution is -2.45. The van der Waals surface area contributed by atoms with E-state index in [4.69, 9.17) is 9.47 Å². The van der Waals surface area contributed by atoms with Crippen molar-refractivity contribution in [2.45, 2.75) is 13.3 Å². The Bertz CT molecular complexity index is 404. The normalized spacial score (nSPS) is 31.3. The summed E-state index contributed by atoms with van der Waals surface area (Å²) in [6.45, 7) is 9.52. The number of amides is 1. The van der Waals surface area contributed by atoms with E-state index in [9.17, 15) is 4.79 Å². The van der Waals surface area contributed by atoms with E-state index in [0.717, 1.165) is 52.4 Å². The largest absolute Gasteiger partial charge is 0.378 e. The van der Waals surface area contributed by atoms with Crippen molar-refractivity contribution in [1.82, 2.24) is 9.80 Å². The molecular formula is C16H26N2O3. The van der Waals surface area contributed by atoms with Crippen LogP contribution in [0.1, 0.15) is 13.3 Å². The second kappa shape index (κ2) is 6.90. The highest BCUT2D eigenvalue weighted by atomic mass is 16.5.